The number of nitrogens with one attached hydrogen (secondary N) is 1. The van der Waals surface area contributed by atoms with E-state index in [1.807, 2.05) is 0 Å². The van der Waals surface area contributed by atoms with Crippen molar-refractivity contribution < 1.29 is 9.59 Å². The lowest BCUT2D eigenvalue weighted by Gasteiger charge is -2.37. The van der Waals surface area contributed by atoms with Gasteiger partial charge in [0.05, 0.1) is 0 Å². The van der Waals surface area contributed by atoms with Gasteiger partial charge in [0.15, 0.2) is 0 Å². The van der Waals surface area contributed by atoms with Gasteiger partial charge in [0.25, 0.3) is 0 Å². The van der Waals surface area contributed by atoms with Gasteiger partial charge < -0.3 is 10.2 Å². The van der Waals surface area contributed by atoms with Gasteiger partial charge >= 0.3 is 0 Å². The van der Waals surface area contributed by atoms with Crippen LogP contribution < -0.4 is 5.32 Å². The fourth-order valence-corrected chi connectivity index (χ4v) is 2.14. The Morgan fingerprint density at radius 2 is 2.00 bits per heavy atom. The molecule has 3 atom stereocenters. The average Bonchev–Trinajstić information content (AvgIpc) is 2.22. The average molecular weight is 226 g/mol. The lowest BCUT2D eigenvalue weighted by molar-refractivity contribution is -0.148. The van der Waals surface area contributed by atoms with E-state index in [0.29, 0.717) is 12.5 Å². The third-order valence-electron chi connectivity index (χ3n) is 3.15. The zero-order chi connectivity index (χ0) is 12.3. The molecule has 0 aromatic heterocycles. The van der Waals surface area contributed by atoms with Crippen molar-refractivity contribution in [1.82, 2.24) is 10.2 Å². The molecule has 4 nitrogen and oxygen atoms in total. The van der Waals surface area contributed by atoms with Crippen molar-refractivity contribution >= 4 is 11.8 Å². The number of piperazine rings is 1. The number of nitrogens with zero attached hydrogens (tertiary/aromatic N) is 1. The molecule has 0 aliphatic carbocycles. The molecule has 1 aliphatic rings. The summed E-state index contributed by atoms with van der Waals surface area (Å²) in [5.41, 5.74) is 0. The Morgan fingerprint density at radius 3 is 2.56 bits per heavy atom. The Kier molecular flexibility index (Phi) is 4.33. The number of rotatable bonds is 4. The summed E-state index contributed by atoms with van der Waals surface area (Å²) >= 11 is 0. The van der Waals surface area contributed by atoms with E-state index >= 15 is 0 Å². The van der Waals surface area contributed by atoms with Gasteiger partial charge in [-0.25, -0.2) is 0 Å². The number of amides is 2. The summed E-state index contributed by atoms with van der Waals surface area (Å²) in [6, 6.07) is -0.708. The van der Waals surface area contributed by atoms with Crippen molar-refractivity contribution in [3.8, 4) is 0 Å². The van der Waals surface area contributed by atoms with Crippen LogP contribution in [-0.4, -0.2) is 35.3 Å². The molecule has 1 fully saturated rings. The summed E-state index contributed by atoms with van der Waals surface area (Å²) in [6.45, 7) is 8.47. The second-order valence-electron chi connectivity index (χ2n) is 4.79. The molecular formula is C12H22N2O2. The minimum atomic E-state index is -0.377. The van der Waals surface area contributed by atoms with Crippen molar-refractivity contribution in [1.29, 1.82) is 0 Å². The largest absolute Gasteiger partial charge is 0.343 e. The van der Waals surface area contributed by atoms with Gasteiger partial charge in [-0.15, -0.1) is 0 Å². The predicted molar refractivity (Wildman–Crippen MR) is 62.9 cm³/mol. The maximum Gasteiger partial charge on any atom is 0.245 e. The van der Waals surface area contributed by atoms with Crippen LogP contribution in [0.25, 0.3) is 0 Å². The topological polar surface area (TPSA) is 49.4 Å². The van der Waals surface area contributed by atoms with Gasteiger partial charge in [-0.05, 0) is 26.2 Å². The molecule has 1 aliphatic heterocycles. The van der Waals surface area contributed by atoms with Crippen LogP contribution in [0.2, 0.25) is 0 Å². The number of carbonyl (C=O) groups is 2. The fourth-order valence-electron chi connectivity index (χ4n) is 2.14. The van der Waals surface area contributed by atoms with Crippen LogP contribution in [-0.2, 0) is 9.59 Å². The molecule has 16 heavy (non-hydrogen) atoms. The van der Waals surface area contributed by atoms with Gasteiger partial charge in [0, 0.05) is 6.54 Å². The molecule has 0 aromatic carbocycles. The van der Waals surface area contributed by atoms with Crippen LogP contribution in [0, 0.1) is 5.92 Å². The smallest absolute Gasteiger partial charge is 0.245 e. The zero-order valence-electron chi connectivity index (χ0n) is 10.6. The van der Waals surface area contributed by atoms with Crippen LogP contribution in [0.4, 0.5) is 0 Å². The summed E-state index contributed by atoms with van der Waals surface area (Å²) in [5, 5.41) is 2.68. The highest BCUT2D eigenvalue weighted by Gasteiger charge is 2.35. The second-order valence-corrected chi connectivity index (χ2v) is 4.79. The van der Waals surface area contributed by atoms with Gasteiger partial charge in [-0.2, -0.15) is 0 Å². The monoisotopic (exact) mass is 226 g/mol. The predicted octanol–water partition coefficient (Wildman–Crippen LogP) is 1.16. The molecule has 0 aromatic rings. The maximum atomic E-state index is 11.9. The highest BCUT2D eigenvalue weighted by atomic mass is 16.2. The van der Waals surface area contributed by atoms with E-state index in [0.717, 1.165) is 12.8 Å². The van der Waals surface area contributed by atoms with Crippen LogP contribution in [0.15, 0.2) is 0 Å². The summed E-state index contributed by atoms with van der Waals surface area (Å²) in [5.74, 6) is 0.445. The van der Waals surface area contributed by atoms with Gasteiger partial charge in [0.2, 0.25) is 11.8 Å². The first-order chi connectivity index (χ1) is 7.47. The minimum absolute atomic E-state index is 0.0371. The Balaban J connectivity index is 2.67. The molecule has 1 N–H and O–H groups in total. The molecule has 2 amide bonds. The lowest BCUT2D eigenvalue weighted by Crippen LogP contribution is -2.62. The van der Waals surface area contributed by atoms with Gasteiger partial charge in [-0.1, -0.05) is 20.3 Å². The maximum absolute atomic E-state index is 11.9. The number of hydrogen-bond acceptors (Lipinski definition) is 2. The summed E-state index contributed by atoms with van der Waals surface area (Å²) in [4.78, 5) is 25.2. The van der Waals surface area contributed by atoms with E-state index in [1.54, 1.807) is 18.7 Å². The number of hydrogen-bond donors (Lipinski definition) is 1. The normalized spacial score (nSPS) is 27.9. The van der Waals surface area contributed by atoms with Crippen molar-refractivity contribution in [2.24, 2.45) is 5.92 Å². The van der Waals surface area contributed by atoms with Crippen LogP contribution >= 0.6 is 0 Å². The minimum Gasteiger partial charge on any atom is -0.343 e. The lowest BCUT2D eigenvalue weighted by atomic mass is 10.0. The van der Waals surface area contributed by atoms with Gasteiger partial charge in [-0.3, -0.25) is 9.59 Å². The van der Waals surface area contributed by atoms with Crippen molar-refractivity contribution in [3.63, 3.8) is 0 Å². The fraction of sp³-hybridized carbons (Fsp3) is 0.833. The van der Waals surface area contributed by atoms with Crippen molar-refractivity contribution in [3.05, 3.63) is 0 Å². The van der Waals surface area contributed by atoms with E-state index in [9.17, 15) is 9.59 Å². The Labute approximate surface area is 97.4 Å². The summed E-state index contributed by atoms with van der Waals surface area (Å²) in [7, 11) is 0. The molecule has 0 bridgehead atoms. The molecule has 3 unspecified atom stereocenters. The Morgan fingerprint density at radius 1 is 1.38 bits per heavy atom. The highest BCUT2D eigenvalue weighted by molar-refractivity contribution is 5.96. The van der Waals surface area contributed by atoms with Gasteiger partial charge in [0.1, 0.15) is 12.1 Å². The molecule has 1 heterocycles. The second kappa shape index (κ2) is 5.32. The summed E-state index contributed by atoms with van der Waals surface area (Å²) < 4.78 is 0. The summed E-state index contributed by atoms with van der Waals surface area (Å²) in [6.07, 6.45) is 2.20. The van der Waals surface area contributed by atoms with E-state index in [-0.39, 0.29) is 23.9 Å². The molecule has 0 radical (unpaired) electrons. The molecule has 1 saturated heterocycles. The molecule has 92 valence electrons. The number of carbonyl (C=O) groups excluding carboxylic acids is 2. The molecule has 0 spiro atoms. The molecule has 1 rings (SSSR count). The van der Waals surface area contributed by atoms with Crippen LogP contribution in [0.1, 0.15) is 40.5 Å². The van der Waals surface area contributed by atoms with Crippen molar-refractivity contribution in [2.75, 3.05) is 6.54 Å². The van der Waals surface area contributed by atoms with Crippen molar-refractivity contribution in [2.45, 2.75) is 52.6 Å². The first-order valence-corrected chi connectivity index (χ1v) is 6.08. The third-order valence-corrected chi connectivity index (χ3v) is 3.15. The Bertz CT molecular complexity index is 278. The van der Waals surface area contributed by atoms with Crippen LogP contribution in [0.5, 0.6) is 0 Å². The molecular weight excluding hydrogens is 204 g/mol. The van der Waals surface area contributed by atoms with E-state index in [4.69, 9.17) is 0 Å². The first-order valence-electron chi connectivity index (χ1n) is 6.08. The third kappa shape index (κ3) is 2.74. The molecule has 0 saturated carbocycles. The zero-order valence-corrected chi connectivity index (χ0v) is 10.6. The Hall–Kier alpha value is -1.06. The standard InChI is InChI=1S/C12H22N2O2/c1-5-6-8(2)7-14-10(4)11(15)13-9(3)12(14)16/h8-10H,5-7H2,1-4H3,(H,13,15). The quantitative estimate of drug-likeness (QED) is 0.782. The van der Waals surface area contributed by atoms with E-state index < -0.39 is 0 Å². The van der Waals surface area contributed by atoms with E-state index in [1.165, 1.54) is 0 Å². The first kappa shape index (κ1) is 13.0. The highest BCUT2D eigenvalue weighted by Crippen LogP contribution is 2.14. The van der Waals surface area contributed by atoms with E-state index in [2.05, 4.69) is 19.2 Å². The SMILES string of the molecule is CCCC(C)CN1C(=O)C(C)NC(=O)C1C. The molecule has 4 heteroatoms. The van der Waals surface area contributed by atoms with Crippen LogP contribution in [0.3, 0.4) is 0 Å².